The quantitative estimate of drug-likeness (QED) is 0.787. The highest BCUT2D eigenvalue weighted by Gasteiger charge is 2.16. The first-order valence-corrected chi connectivity index (χ1v) is 7.95. The van der Waals surface area contributed by atoms with Crippen LogP contribution in [0.25, 0.3) is 0 Å². The van der Waals surface area contributed by atoms with Gasteiger partial charge in [0.05, 0.1) is 5.75 Å². The molecule has 5 heteroatoms. The summed E-state index contributed by atoms with van der Waals surface area (Å²) in [7, 11) is 1.77. The lowest BCUT2D eigenvalue weighted by atomic mass is 10.1. The van der Waals surface area contributed by atoms with Crippen LogP contribution in [0.3, 0.4) is 0 Å². The minimum atomic E-state index is -3.46. The maximum Gasteiger partial charge on any atom is 0.236 e. The van der Waals surface area contributed by atoms with Crippen LogP contribution in [-0.2, 0) is 27.6 Å². The molecule has 0 spiro atoms. The van der Waals surface area contributed by atoms with Gasteiger partial charge in [-0.15, -0.1) is 0 Å². The third kappa shape index (κ3) is 2.74. The molecule has 0 bridgehead atoms. The van der Waals surface area contributed by atoms with E-state index in [0.29, 0.717) is 0 Å². The molecule has 1 aliphatic carbocycles. The average Bonchev–Trinajstić information content (AvgIpc) is 2.48. The number of hydrogen-bond donors (Lipinski definition) is 0. The molecule has 1 aromatic rings. The first-order chi connectivity index (χ1) is 6.96. The molecule has 15 heavy (non-hydrogen) atoms. The SMILES string of the molecule is O=S(=O)(Cl)Cc1cc(Br)c2c(c1)CCC2. The van der Waals surface area contributed by atoms with Gasteiger partial charge in [0, 0.05) is 15.2 Å². The van der Waals surface area contributed by atoms with Gasteiger partial charge < -0.3 is 0 Å². The van der Waals surface area contributed by atoms with Crippen LogP contribution in [0.15, 0.2) is 16.6 Å². The summed E-state index contributed by atoms with van der Waals surface area (Å²) < 4.78 is 22.9. The molecule has 2 nitrogen and oxygen atoms in total. The van der Waals surface area contributed by atoms with Crippen molar-refractivity contribution in [2.45, 2.75) is 25.0 Å². The number of rotatable bonds is 2. The average molecular weight is 310 g/mol. The predicted molar refractivity (Wildman–Crippen MR) is 64.6 cm³/mol. The van der Waals surface area contributed by atoms with E-state index in [2.05, 4.69) is 15.9 Å². The summed E-state index contributed by atoms with van der Waals surface area (Å²) in [6.07, 6.45) is 3.25. The van der Waals surface area contributed by atoms with Crippen molar-refractivity contribution in [3.8, 4) is 0 Å². The van der Waals surface area contributed by atoms with Gasteiger partial charge in [-0.05, 0) is 42.0 Å². The third-order valence-corrected chi connectivity index (χ3v) is 4.27. The fourth-order valence-electron chi connectivity index (χ4n) is 2.00. The monoisotopic (exact) mass is 308 g/mol. The van der Waals surface area contributed by atoms with Crippen molar-refractivity contribution in [1.82, 2.24) is 0 Å². The van der Waals surface area contributed by atoms with Crippen molar-refractivity contribution in [2.24, 2.45) is 0 Å². The van der Waals surface area contributed by atoms with E-state index in [1.165, 1.54) is 11.1 Å². The second-order valence-electron chi connectivity index (χ2n) is 3.75. The third-order valence-electron chi connectivity index (χ3n) is 2.56. The van der Waals surface area contributed by atoms with Crippen LogP contribution < -0.4 is 0 Å². The first-order valence-electron chi connectivity index (χ1n) is 4.68. The molecule has 0 heterocycles. The van der Waals surface area contributed by atoms with Crippen LogP contribution in [-0.4, -0.2) is 8.42 Å². The largest absolute Gasteiger partial charge is 0.236 e. The molecule has 0 aromatic heterocycles. The molecule has 1 aliphatic rings. The summed E-state index contributed by atoms with van der Waals surface area (Å²) >= 11 is 3.47. The molecule has 0 radical (unpaired) electrons. The lowest BCUT2D eigenvalue weighted by Gasteiger charge is -2.06. The van der Waals surface area contributed by atoms with E-state index < -0.39 is 9.05 Å². The van der Waals surface area contributed by atoms with Crippen LogP contribution in [0.4, 0.5) is 0 Å². The Hall–Kier alpha value is -0.0600. The van der Waals surface area contributed by atoms with E-state index in [0.717, 1.165) is 29.3 Å². The second-order valence-corrected chi connectivity index (χ2v) is 7.38. The van der Waals surface area contributed by atoms with Gasteiger partial charge in [-0.2, -0.15) is 0 Å². The number of hydrogen-bond acceptors (Lipinski definition) is 2. The molecule has 2 rings (SSSR count). The van der Waals surface area contributed by atoms with Crippen molar-refractivity contribution in [3.05, 3.63) is 33.3 Å². The molecule has 82 valence electrons. The predicted octanol–water partition coefficient (Wildman–Crippen LogP) is 3.01. The first kappa shape index (κ1) is 11.4. The Kier molecular flexibility index (Phi) is 3.10. The Morgan fingerprint density at radius 2 is 2.07 bits per heavy atom. The zero-order valence-electron chi connectivity index (χ0n) is 7.96. The van der Waals surface area contributed by atoms with E-state index in [1.54, 1.807) is 0 Å². The lowest BCUT2D eigenvalue weighted by molar-refractivity contribution is 0.609. The van der Waals surface area contributed by atoms with Gasteiger partial charge in [0.2, 0.25) is 9.05 Å². The van der Waals surface area contributed by atoms with Crippen molar-refractivity contribution in [3.63, 3.8) is 0 Å². The summed E-state index contributed by atoms with van der Waals surface area (Å²) in [5.41, 5.74) is 3.32. The van der Waals surface area contributed by atoms with Crippen molar-refractivity contribution in [2.75, 3.05) is 0 Å². The van der Waals surface area contributed by atoms with Gasteiger partial charge in [0.25, 0.3) is 0 Å². The zero-order valence-corrected chi connectivity index (χ0v) is 11.1. The normalized spacial score (nSPS) is 15.3. The smallest absolute Gasteiger partial charge is 0.212 e. The minimum absolute atomic E-state index is 0.0968. The number of halogens is 2. The fourth-order valence-corrected chi connectivity index (χ4v) is 3.69. The van der Waals surface area contributed by atoms with Crippen LogP contribution in [0, 0.1) is 0 Å². The molecular formula is C10H10BrClO2S. The van der Waals surface area contributed by atoms with Gasteiger partial charge in [-0.25, -0.2) is 8.42 Å². The van der Waals surface area contributed by atoms with E-state index >= 15 is 0 Å². The molecule has 0 fully saturated rings. The van der Waals surface area contributed by atoms with Crippen LogP contribution in [0.5, 0.6) is 0 Å². The van der Waals surface area contributed by atoms with Crippen molar-refractivity contribution < 1.29 is 8.42 Å². The van der Waals surface area contributed by atoms with Crippen LogP contribution >= 0.6 is 26.6 Å². The standard InChI is InChI=1S/C10H10BrClO2S/c11-10-5-7(6-15(12,13)14)4-8-2-1-3-9(8)10/h4-5H,1-3,6H2. The van der Waals surface area contributed by atoms with E-state index in [9.17, 15) is 8.42 Å². The molecule has 0 saturated carbocycles. The van der Waals surface area contributed by atoms with Crippen molar-refractivity contribution >= 4 is 35.7 Å². The topological polar surface area (TPSA) is 34.1 Å². The number of fused-ring (bicyclic) bond motifs is 1. The van der Waals surface area contributed by atoms with Crippen molar-refractivity contribution in [1.29, 1.82) is 0 Å². The van der Waals surface area contributed by atoms with Crippen LogP contribution in [0.1, 0.15) is 23.1 Å². The summed E-state index contributed by atoms with van der Waals surface area (Å²) in [5.74, 6) is -0.0968. The second kappa shape index (κ2) is 4.07. The lowest BCUT2D eigenvalue weighted by Crippen LogP contribution is -1.97. The molecule has 0 unspecified atom stereocenters. The highest BCUT2D eigenvalue weighted by atomic mass is 79.9. The zero-order chi connectivity index (χ0) is 11.1. The van der Waals surface area contributed by atoms with E-state index in [-0.39, 0.29) is 5.75 Å². The Morgan fingerprint density at radius 1 is 1.33 bits per heavy atom. The highest BCUT2D eigenvalue weighted by Crippen LogP contribution is 2.31. The summed E-state index contributed by atoms with van der Waals surface area (Å²) in [5, 5.41) is 0. The van der Waals surface area contributed by atoms with Crippen LogP contribution in [0.2, 0.25) is 0 Å². The Balaban J connectivity index is 2.40. The molecule has 1 aromatic carbocycles. The maximum atomic E-state index is 11.0. The van der Waals surface area contributed by atoms with E-state index in [4.69, 9.17) is 10.7 Å². The molecule has 0 aliphatic heterocycles. The molecular weight excluding hydrogens is 300 g/mol. The minimum Gasteiger partial charge on any atom is -0.212 e. The summed E-state index contributed by atoms with van der Waals surface area (Å²) in [6, 6.07) is 3.80. The maximum absolute atomic E-state index is 11.0. The Bertz CT molecular complexity index is 496. The van der Waals surface area contributed by atoms with E-state index in [1.807, 2.05) is 12.1 Å². The fraction of sp³-hybridized carbons (Fsp3) is 0.400. The van der Waals surface area contributed by atoms with Gasteiger partial charge in [-0.3, -0.25) is 0 Å². The molecule has 0 N–H and O–H groups in total. The summed E-state index contributed by atoms with van der Waals surface area (Å²) in [6.45, 7) is 0. The highest BCUT2D eigenvalue weighted by molar-refractivity contribution is 9.10. The number of benzene rings is 1. The van der Waals surface area contributed by atoms with Gasteiger partial charge >= 0.3 is 0 Å². The summed E-state index contributed by atoms with van der Waals surface area (Å²) in [4.78, 5) is 0. The molecule has 0 amide bonds. The van der Waals surface area contributed by atoms with Gasteiger partial charge in [0.15, 0.2) is 0 Å². The molecule has 0 saturated heterocycles. The molecule has 0 atom stereocenters. The Labute approximate surface area is 102 Å². The van der Waals surface area contributed by atoms with Gasteiger partial charge in [-0.1, -0.05) is 22.0 Å². The Morgan fingerprint density at radius 3 is 2.73 bits per heavy atom. The number of aryl methyl sites for hydroxylation is 1. The van der Waals surface area contributed by atoms with Gasteiger partial charge in [0.1, 0.15) is 0 Å².